The van der Waals surface area contributed by atoms with Gasteiger partial charge in [-0.05, 0) is 63.3 Å². The lowest BCUT2D eigenvalue weighted by Crippen LogP contribution is -2.66. The molecule has 148 valence electrons. The van der Waals surface area contributed by atoms with E-state index in [0.29, 0.717) is 11.8 Å². The van der Waals surface area contributed by atoms with Crippen LogP contribution in [0.4, 0.5) is 0 Å². The van der Waals surface area contributed by atoms with Crippen LogP contribution in [0.25, 0.3) is 0 Å². The van der Waals surface area contributed by atoms with Gasteiger partial charge in [-0.1, -0.05) is 0 Å². The number of aromatic nitrogens is 3. The number of hydrogen-bond donors (Lipinski definition) is 1. The van der Waals surface area contributed by atoms with Crippen molar-refractivity contribution < 1.29 is 9.53 Å². The lowest BCUT2D eigenvalue weighted by atomic mass is 9.50. The topological polar surface area (TPSA) is 72.3 Å². The molecule has 3 unspecified atom stereocenters. The fourth-order valence-corrected chi connectivity index (χ4v) is 6.92. The van der Waals surface area contributed by atoms with Crippen LogP contribution in [0.1, 0.15) is 44.9 Å². The molecule has 4 aliphatic carbocycles. The van der Waals surface area contributed by atoms with Crippen LogP contribution in [-0.4, -0.2) is 64.5 Å². The van der Waals surface area contributed by atoms with Crippen molar-refractivity contribution >= 4 is 5.91 Å². The largest absolute Gasteiger partial charge is 0.383 e. The van der Waals surface area contributed by atoms with Gasteiger partial charge in [0, 0.05) is 25.7 Å². The van der Waals surface area contributed by atoms with E-state index >= 15 is 0 Å². The highest BCUT2D eigenvalue weighted by atomic mass is 16.5. The predicted molar refractivity (Wildman–Crippen MR) is 100.0 cm³/mol. The van der Waals surface area contributed by atoms with Gasteiger partial charge in [0.25, 0.3) is 0 Å². The fourth-order valence-electron chi connectivity index (χ4n) is 6.92. The number of methoxy groups -OCH3 is 1. The van der Waals surface area contributed by atoms with Crippen LogP contribution in [0.5, 0.6) is 0 Å². The molecule has 6 rings (SSSR count). The van der Waals surface area contributed by atoms with Gasteiger partial charge in [-0.25, -0.2) is 9.67 Å². The Balaban J connectivity index is 1.30. The van der Waals surface area contributed by atoms with Crippen molar-refractivity contribution in [1.82, 2.24) is 25.0 Å². The van der Waals surface area contributed by atoms with E-state index < -0.39 is 0 Å². The number of ether oxygens (including phenoxy) is 1. The second kappa shape index (κ2) is 6.55. The summed E-state index contributed by atoms with van der Waals surface area (Å²) < 4.78 is 7.29. The average Bonchev–Trinajstić information content (AvgIpc) is 3.30. The Kier molecular flexibility index (Phi) is 4.27. The van der Waals surface area contributed by atoms with Gasteiger partial charge < -0.3 is 15.0 Å². The molecule has 5 fully saturated rings. The van der Waals surface area contributed by atoms with Crippen molar-refractivity contribution in [2.24, 2.45) is 17.8 Å². The number of nitrogens with one attached hydrogen (secondary N) is 1. The summed E-state index contributed by atoms with van der Waals surface area (Å²) in [6.45, 7) is 3.53. The zero-order chi connectivity index (χ0) is 18.5. The number of carbonyl (C=O) groups excluding carboxylic acids is 1. The molecule has 0 radical (unpaired) electrons. The molecule has 5 aliphatic rings. The number of nitrogens with zero attached hydrogens (tertiary/aromatic N) is 4. The molecule has 4 bridgehead atoms. The van der Waals surface area contributed by atoms with Gasteiger partial charge in [0.2, 0.25) is 5.91 Å². The number of hydrogen-bond acceptors (Lipinski definition) is 5. The van der Waals surface area contributed by atoms with Crippen LogP contribution in [-0.2, 0) is 15.1 Å². The molecule has 1 N–H and O–H groups in total. The van der Waals surface area contributed by atoms with Crippen molar-refractivity contribution in [1.29, 1.82) is 0 Å². The molecule has 5 atom stereocenters. The predicted octanol–water partition coefficient (Wildman–Crippen LogP) is 1.41. The van der Waals surface area contributed by atoms with Gasteiger partial charge in [0.05, 0.1) is 18.1 Å². The van der Waals surface area contributed by atoms with Crippen molar-refractivity contribution in [2.45, 2.75) is 56.0 Å². The molecular weight excluding hydrogens is 342 g/mol. The van der Waals surface area contributed by atoms with E-state index in [1.807, 2.05) is 6.33 Å². The second-order valence-corrected chi connectivity index (χ2v) is 9.57. The first-order valence-electron chi connectivity index (χ1n) is 10.5. The van der Waals surface area contributed by atoms with Crippen LogP contribution in [0.15, 0.2) is 12.7 Å². The molecule has 1 amide bonds. The van der Waals surface area contributed by atoms with Gasteiger partial charge in [-0.2, -0.15) is 5.10 Å². The van der Waals surface area contributed by atoms with Crippen molar-refractivity contribution in [3.05, 3.63) is 12.7 Å². The summed E-state index contributed by atoms with van der Waals surface area (Å²) in [5.74, 6) is 1.80. The highest BCUT2D eigenvalue weighted by Crippen LogP contribution is 2.60. The third-order valence-electron chi connectivity index (χ3n) is 7.58. The van der Waals surface area contributed by atoms with Crippen molar-refractivity contribution in [2.75, 3.05) is 33.4 Å². The Morgan fingerprint density at radius 1 is 1.30 bits per heavy atom. The molecule has 27 heavy (non-hydrogen) atoms. The molecule has 4 saturated carbocycles. The molecule has 1 aromatic heterocycles. The molecule has 1 aromatic rings. The summed E-state index contributed by atoms with van der Waals surface area (Å²) >= 11 is 0. The summed E-state index contributed by atoms with van der Waals surface area (Å²) in [7, 11) is 1.73. The Bertz CT molecular complexity index is 677. The lowest BCUT2D eigenvalue weighted by molar-refractivity contribution is -0.134. The normalized spacial score (nSPS) is 40.6. The molecular formula is C20H31N5O2. The maximum Gasteiger partial charge on any atom is 0.224 e. The Morgan fingerprint density at radius 3 is 2.81 bits per heavy atom. The monoisotopic (exact) mass is 373 g/mol. The number of amides is 1. The van der Waals surface area contributed by atoms with E-state index in [-0.39, 0.29) is 22.9 Å². The van der Waals surface area contributed by atoms with E-state index in [4.69, 9.17) is 4.74 Å². The number of rotatable bonds is 6. The summed E-state index contributed by atoms with van der Waals surface area (Å²) in [5, 5.41) is 8.08. The van der Waals surface area contributed by atoms with Gasteiger partial charge in [0.1, 0.15) is 12.7 Å². The number of carbonyl (C=O) groups is 1. The second-order valence-electron chi connectivity index (χ2n) is 9.57. The maximum absolute atomic E-state index is 13.1. The average molecular weight is 374 g/mol. The van der Waals surface area contributed by atoms with Crippen LogP contribution in [0.3, 0.4) is 0 Å². The minimum absolute atomic E-state index is 0.0347. The van der Waals surface area contributed by atoms with E-state index in [2.05, 4.69) is 25.0 Å². The summed E-state index contributed by atoms with van der Waals surface area (Å²) in [4.78, 5) is 19.7. The summed E-state index contributed by atoms with van der Waals surface area (Å²) in [5.41, 5.74) is 0.0289. The first-order valence-corrected chi connectivity index (χ1v) is 10.5. The van der Waals surface area contributed by atoms with Crippen LogP contribution >= 0.6 is 0 Å². The van der Waals surface area contributed by atoms with Gasteiger partial charge >= 0.3 is 0 Å². The Labute approximate surface area is 160 Å². The standard InChI is InChI=1S/C20H31N5O2/c1-27-5-4-24-3-2-17(11-24)18(26)23-19-7-15-6-16(8-19)10-20(9-15,12-19)25-14-21-13-22-25/h13-17H,2-12H2,1H3,(H,23,26)/t15-,16+,17?,19?,20?. The third kappa shape index (κ3) is 3.09. The Hall–Kier alpha value is -1.47. The van der Waals surface area contributed by atoms with E-state index in [0.717, 1.165) is 51.9 Å². The van der Waals surface area contributed by atoms with E-state index in [1.54, 1.807) is 13.4 Å². The number of likely N-dealkylation sites (tertiary alicyclic amines) is 1. The highest BCUT2D eigenvalue weighted by Gasteiger charge is 2.59. The van der Waals surface area contributed by atoms with Gasteiger partial charge in [-0.15, -0.1) is 0 Å². The van der Waals surface area contributed by atoms with Crippen molar-refractivity contribution in [3.63, 3.8) is 0 Å². The molecule has 7 heteroatoms. The quantitative estimate of drug-likeness (QED) is 0.816. The fraction of sp³-hybridized carbons (Fsp3) is 0.850. The van der Waals surface area contributed by atoms with Crippen LogP contribution in [0, 0.1) is 17.8 Å². The van der Waals surface area contributed by atoms with E-state index in [1.165, 1.54) is 19.3 Å². The Morgan fingerprint density at radius 2 is 2.11 bits per heavy atom. The van der Waals surface area contributed by atoms with Crippen molar-refractivity contribution in [3.8, 4) is 0 Å². The molecule has 7 nitrogen and oxygen atoms in total. The summed E-state index contributed by atoms with van der Waals surface area (Å²) in [6, 6.07) is 0. The van der Waals surface area contributed by atoms with Crippen LogP contribution < -0.4 is 5.32 Å². The molecule has 1 aliphatic heterocycles. The lowest BCUT2D eigenvalue weighted by Gasteiger charge is -2.62. The molecule has 0 aromatic carbocycles. The molecule has 2 heterocycles. The minimum Gasteiger partial charge on any atom is -0.383 e. The highest BCUT2D eigenvalue weighted by molar-refractivity contribution is 5.80. The molecule has 0 spiro atoms. The smallest absolute Gasteiger partial charge is 0.224 e. The maximum atomic E-state index is 13.1. The van der Waals surface area contributed by atoms with Crippen LogP contribution in [0.2, 0.25) is 0 Å². The van der Waals surface area contributed by atoms with Gasteiger partial charge in [-0.3, -0.25) is 4.79 Å². The van der Waals surface area contributed by atoms with E-state index in [9.17, 15) is 4.79 Å². The molecule has 1 saturated heterocycles. The first-order chi connectivity index (χ1) is 13.1. The minimum atomic E-state index is -0.0347. The third-order valence-corrected chi connectivity index (χ3v) is 7.58. The first kappa shape index (κ1) is 17.6. The zero-order valence-electron chi connectivity index (χ0n) is 16.3. The SMILES string of the molecule is COCCN1CCC(C(=O)NC23C[C@H]4C[C@@H](C2)CC(n2cncn2)(C4)C3)C1. The zero-order valence-corrected chi connectivity index (χ0v) is 16.3. The van der Waals surface area contributed by atoms with Gasteiger partial charge in [0.15, 0.2) is 0 Å². The summed E-state index contributed by atoms with van der Waals surface area (Å²) in [6.07, 6.45) is 11.5.